The summed E-state index contributed by atoms with van der Waals surface area (Å²) in [6.45, 7) is 0.220. The highest BCUT2D eigenvalue weighted by atomic mass is 35.5. The van der Waals surface area contributed by atoms with E-state index < -0.39 is 0 Å². The lowest BCUT2D eigenvalue weighted by atomic mass is 10.1. The van der Waals surface area contributed by atoms with Crippen molar-refractivity contribution in [2.45, 2.75) is 0 Å². The maximum absolute atomic E-state index is 12.4. The van der Waals surface area contributed by atoms with E-state index in [1.54, 1.807) is 42.1 Å². The van der Waals surface area contributed by atoms with Gasteiger partial charge >= 0.3 is 0 Å². The van der Waals surface area contributed by atoms with Crippen molar-refractivity contribution in [3.05, 3.63) is 59.2 Å². The molecule has 1 aliphatic heterocycles. The van der Waals surface area contributed by atoms with E-state index in [4.69, 9.17) is 21.1 Å². The van der Waals surface area contributed by atoms with Crippen LogP contribution in [0.5, 0.6) is 11.5 Å². The summed E-state index contributed by atoms with van der Waals surface area (Å²) in [5, 5.41) is 7.64. The zero-order chi connectivity index (χ0) is 17.4. The Hall–Kier alpha value is -2.99. The topological polar surface area (TPSA) is 65.4 Å². The van der Waals surface area contributed by atoms with Crippen LogP contribution in [-0.4, -0.2) is 22.5 Å². The molecule has 0 saturated heterocycles. The van der Waals surface area contributed by atoms with Gasteiger partial charge in [-0.2, -0.15) is 5.10 Å². The standard InChI is InChI=1S/C18H14ClN3O3/c1-22-15(11-5-6-16-17(7-11)25-10-24-16)9-14(21-22)18(23)20-13-4-2-3-12(19)8-13/h2-9H,10H2,1H3,(H,20,23). The Morgan fingerprint density at radius 2 is 2.00 bits per heavy atom. The van der Waals surface area contributed by atoms with Crippen molar-refractivity contribution in [2.75, 3.05) is 12.1 Å². The number of nitrogens with one attached hydrogen (secondary N) is 1. The van der Waals surface area contributed by atoms with Crippen molar-refractivity contribution in [3.63, 3.8) is 0 Å². The van der Waals surface area contributed by atoms with Gasteiger partial charge in [-0.05, 0) is 42.5 Å². The van der Waals surface area contributed by atoms with Crippen molar-refractivity contribution in [1.29, 1.82) is 0 Å². The van der Waals surface area contributed by atoms with E-state index in [-0.39, 0.29) is 12.7 Å². The summed E-state index contributed by atoms with van der Waals surface area (Å²) >= 11 is 5.94. The Balaban J connectivity index is 1.60. The molecular weight excluding hydrogens is 342 g/mol. The van der Waals surface area contributed by atoms with E-state index in [1.807, 2.05) is 18.2 Å². The number of aryl methyl sites for hydroxylation is 1. The minimum Gasteiger partial charge on any atom is -0.454 e. The van der Waals surface area contributed by atoms with Crippen LogP contribution >= 0.6 is 11.6 Å². The Bertz CT molecular complexity index is 968. The van der Waals surface area contributed by atoms with Gasteiger partial charge in [-0.15, -0.1) is 0 Å². The maximum Gasteiger partial charge on any atom is 0.276 e. The molecule has 1 amide bonds. The highest BCUT2D eigenvalue weighted by Crippen LogP contribution is 2.35. The molecule has 1 aliphatic rings. The van der Waals surface area contributed by atoms with Crippen molar-refractivity contribution in [1.82, 2.24) is 9.78 Å². The number of halogens is 1. The minimum atomic E-state index is -0.301. The molecule has 2 heterocycles. The van der Waals surface area contributed by atoms with Crippen molar-refractivity contribution in [3.8, 4) is 22.8 Å². The number of aromatic nitrogens is 2. The van der Waals surface area contributed by atoms with Crippen LogP contribution in [0.1, 0.15) is 10.5 Å². The summed E-state index contributed by atoms with van der Waals surface area (Å²) in [5.41, 5.74) is 2.62. The molecule has 1 aromatic heterocycles. The summed E-state index contributed by atoms with van der Waals surface area (Å²) in [6, 6.07) is 14.3. The molecule has 25 heavy (non-hydrogen) atoms. The third kappa shape index (κ3) is 3.04. The molecule has 126 valence electrons. The number of fused-ring (bicyclic) bond motifs is 1. The molecule has 0 aliphatic carbocycles. The van der Waals surface area contributed by atoms with Crippen LogP contribution in [0.15, 0.2) is 48.5 Å². The quantitative estimate of drug-likeness (QED) is 0.777. The van der Waals surface area contributed by atoms with Crippen LogP contribution < -0.4 is 14.8 Å². The predicted octanol–water partition coefficient (Wildman–Crippen LogP) is 3.72. The van der Waals surface area contributed by atoms with Crippen LogP contribution in [0.3, 0.4) is 0 Å². The van der Waals surface area contributed by atoms with Gasteiger partial charge < -0.3 is 14.8 Å². The molecule has 0 saturated carbocycles. The number of hydrogen-bond donors (Lipinski definition) is 1. The average molecular weight is 356 g/mol. The third-order valence-corrected chi connectivity index (χ3v) is 4.10. The maximum atomic E-state index is 12.4. The summed E-state index contributed by atoms with van der Waals surface area (Å²) in [6.07, 6.45) is 0. The lowest BCUT2D eigenvalue weighted by Crippen LogP contribution is -2.12. The second-order valence-corrected chi connectivity index (χ2v) is 6.01. The SMILES string of the molecule is Cn1nc(C(=O)Nc2cccc(Cl)c2)cc1-c1ccc2c(c1)OCO2. The fraction of sp³-hybridized carbons (Fsp3) is 0.111. The van der Waals surface area contributed by atoms with Crippen LogP contribution in [0, 0.1) is 0 Å². The zero-order valence-corrected chi connectivity index (χ0v) is 14.1. The van der Waals surface area contributed by atoms with E-state index in [0.717, 1.165) is 11.3 Å². The molecule has 7 heteroatoms. The monoisotopic (exact) mass is 355 g/mol. The molecular formula is C18H14ClN3O3. The van der Waals surface area contributed by atoms with Crippen LogP contribution in [0.4, 0.5) is 5.69 Å². The van der Waals surface area contributed by atoms with Crippen molar-refractivity contribution >= 4 is 23.2 Å². The number of carbonyl (C=O) groups is 1. The fourth-order valence-electron chi connectivity index (χ4n) is 2.67. The lowest BCUT2D eigenvalue weighted by molar-refractivity contribution is 0.102. The normalized spacial score (nSPS) is 12.2. The van der Waals surface area contributed by atoms with E-state index in [0.29, 0.717) is 27.9 Å². The molecule has 0 bridgehead atoms. The molecule has 0 unspecified atom stereocenters. The first-order valence-electron chi connectivity index (χ1n) is 7.61. The zero-order valence-electron chi connectivity index (χ0n) is 13.3. The van der Waals surface area contributed by atoms with Gasteiger partial charge in [0, 0.05) is 23.3 Å². The Labute approximate surface area is 148 Å². The van der Waals surface area contributed by atoms with E-state index in [1.165, 1.54) is 0 Å². The van der Waals surface area contributed by atoms with Crippen molar-refractivity contribution < 1.29 is 14.3 Å². The number of amides is 1. The molecule has 0 radical (unpaired) electrons. The number of anilines is 1. The van der Waals surface area contributed by atoms with Crippen LogP contribution in [0.2, 0.25) is 5.02 Å². The highest BCUT2D eigenvalue weighted by molar-refractivity contribution is 6.30. The largest absolute Gasteiger partial charge is 0.454 e. The van der Waals surface area contributed by atoms with Gasteiger partial charge in [0.05, 0.1) is 5.69 Å². The van der Waals surface area contributed by atoms with E-state index in [2.05, 4.69) is 10.4 Å². The van der Waals surface area contributed by atoms with Gasteiger partial charge in [-0.3, -0.25) is 9.48 Å². The number of hydrogen-bond acceptors (Lipinski definition) is 4. The lowest BCUT2D eigenvalue weighted by Gasteiger charge is -2.03. The average Bonchev–Trinajstić information content (AvgIpc) is 3.20. The first-order chi connectivity index (χ1) is 12.1. The van der Waals surface area contributed by atoms with E-state index >= 15 is 0 Å². The molecule has 0 spiro atoms. The van der Waals surface area contributed by atoms with Crippen LogP contribution in [0.25, 0.3) is 11.3 Å². The summed E-state index contributed by atoms with van der Waals surface area (Å²) < 4.78 is 12.4. The summed E-state index contributed by atoms with van der Waals surface area (Å²) in [7, 11) is 1.79. The van der Waals surface area contributed by atoms with Gasteiger partial charge in [0.25, 0.3) is 5.91 Å². The van der Waals surface area contributed by atoms with E-state index in [9.17, 15) is 4.79 Å². The molecule has 2 aromatic carbocycles. The van der Waals surface area contributed by atoms with Gasteiger partial charge in [0.1, 0.15) is 0 Å². The number of benzene rings is 2. The first-order valence-corrected chi connectivity index (χ1v) is 7.99. The van der Waals surface area contributed by atoms with Crippen LogP contribution in [-0.2, 0) is 7.05 Å². The number of ether oxygens (including phenoxy) is 2. The van der Waals surface area contributed by atoms with Crippen molar-refractivity contribution in [2.24, 2.45) is 7.05 Å². The second-order valence-electron chi connectivity index (χ2n) is 5.57. The third-order valence-electron chi connectivity index (χ3n) is 3.86. The Morgan fingerprint density at radius 3 is 2.84 bits per heavy atom. The number of rotatable bonds is 3. The van der Waals surface area contributed by atoms with Gasteiger partial charge in [0.2, 0.25) is 6.79 Å². The molecule has 6 nitrogen and oxygen atoms in total. The number of nitrogens with zero attached hydrogens (tertiary/aromatic N) is 2. The smallest absolute Gasteiger partial charge is 0.276 e. The predicted molar refractivity (Wildman–Crippen MR) is 94.2 cm³/mol. The summed E-state index contributed by atoms with van der Waals surface area (Å²) in [4.78, 5) is 12.4. The fourth-order valence-corrected chi connectivity index (χ4v) is 2.86. The first kappa shape index (κ1) is 15.5. The molecule has 0 fully saturated rings. The van der Waals surface area contributed by atoms with Gasteiger partial charge in [-0.25, -0.2) is 0 Å². The highest BCUT2D eigenvalue weighted by Gasteiger charge is 2.18. The minimum absolute atomic E-state index is 0.220. The second kappa shape index (κ2) is 6.14. The molecule has 4 rings (SSSR count). The Morgan fingerprint density at radius 1 is 1.16 bits per heavy atom. The molecule has 0 atom stereocenters. The molecule has 1 N–H and O–H groups in total. The summed E-state index contributed by atoms with van der Waals surface area (Å²) in [5.74, 6) is 1.10. The molecule has 3 aromatic rings. The Kier molecular flexibility index (Phi) is 3.82. The van der Waals surface area contributed by atoms with Gasteiger partial charge in [0.15, 0.2) is 17.2 Å². The number of carbonyl (C=O) groups excluding carboxylic acids is 1. The van der Waals surface area contributed by atoms with Gasteiger partial charge in [-0.1, -0.05) is 17.7 Å².